The number of carbonyl (C=O) groups is 2. The molecule has 5 heteroatoms. The monoisotopic (exact) mass is 392 g/mol. The van der Waals surface area contributed by atoms with Gasteiger partial charge >= 0.3 is 0 Å². The molecular weight excluding hydrogens is 364 g/mol. The summed E-state index contributed by atoms with van der Waals surface area (Å²) in [6, 6.07) is 6.92. The lowest BCUT2D eigenvalue weighted by Crippen LogP contribution is -2.36. The average molecular weight is 392 g/mol. The van der Waals surface area contributed by atoms with Crippen molar-refractivity contribution in [1.82, 2.24) is 9.80 Å². The SMILES string of the molecule is O=CCN1CC(c2ccc3c(c2)CCO3)CC1CCN1CC2=C(C=CCC2)C1=O. The quantitative estimate of drug-likeness (QED) is 0.699. The van der Waals surface area contributed by atoms with Gasteiger partial charge in [0, 0.05) is 37.7 Å². The van der Waals surface area contributed by atoms with E-state index in [-0.39, 0.29) is 5.91 Å². The molecule has 1 aromatic carbocycles. The van der Waals surface area contributed by atoms with Crippen molar-refractivity contribution in [3.8, 4) is 5.75 Å². The Labute approximate surface area is 172 Å². The van der Waals surface area contributed by atoms with Crippen LogP contribution in [0, 0.1) is 0 Å². The smallest absolute Gasteiger partial charge is 0.254 e. The summed E-state index contributed by atoms with van der Waals surface area (Å²) in [5, 5.41) is 0. The van der Waals surface area contributed by atoms with E-state index in [4.69, 9.17) is 4.74 Å². The predicted octanol–water partition coefficient (Wildman–Crippen LogP) is 2.86. The van der Waals surface area contributed by atoms with Crippen molar-refractivity contribution in [1.29, 1.82) is 0 Å². The third kappa shape index (κ3) is 3.52. The lowest BCUT2D eigenvalue weighted by molar-refractivity contribution is -0.125. The standard InChI is InChI=1S/C24H28N2O3/c27-11-10-25-16-20(17-5-6-23-18(13-17)8-12-29-23)14-21(25)7-9-26-15-19-3-1-2-4-22(19)24(26)28/h2,4-6,11,13,20-21H,1,3,7-10,12,14-16H2. The summed E-state index contributed by atoms with van der Waals surface area (Å²) in [5.74, 6) is 1.64. The van der Waals surface area contributed by atoms with E-state index in [1.807, 2.05) is 11.0 Å². The molecule has 1 aromatic rings. The van der Waals surface area contributed by atoms with Crippen LogP contribution >= 0.6 is 0 Å². The number of nitrogens with zero attached hydrogens (tertiary/aromatic N) is 2. The number of allylic oxidation sites excluding steroid dienone is 1. The van der Waals surface area contributed by atoms with Crippen LogP contribution < -0.4 is 4.74 Å². The van der Waals surface area contributed by atoms with Gasteiger partial charge in [0.2, 0.25) is 0 Å². The van der Waals surface area contributed by atoms with E-state index in [1.54, 1.807) is 0 Å². The number of ether oxygens (including phenoxy) is 1. The number of aldehydes is 1. The molecule has 3 aliphatic heterocycles. The van der Waals surface area contributed by atoms with Crippen LogP contribution in [0.5, 0.6) is 5.75 Å². The fourth-order valence-corrected chi connectivity index (χ4v) is 5.36. The Balaban J connectivity index is 1.24. The maximum Gasteiger partial charge on any atom is 0.254 e. The number of rotatable bonds is 6. The molecule has 1 amide bonds. The van der Waals surface area contributed by atoms with Crippen molar-refractivity contribution in [3.63, 3.8) is 0 Å². The highest BCUT2D eigenvalue weighted by Crippen LogP contribution is 2.36. The molecule has 0 aromatic heterocycles. The van der Waals surface area contributed by atoms with Crippen LogP contribution in [0.25, 0.3) is 0 Å². The Hall–Kier alpha value is -2.40. The summed E-state index contributed by atoms with van der Waals surface area (Å²) in [7, 11) is 0. The molecule has 3 heterocycles. The van der Waals surface area contributed by atoms with E-state index in [0.29, 0.717) is 18.5 Å². The minimum Gasteiger partial charge on any atom is -0.493 e. The van der Waals surface area contributed by atoms with Crippen LogP contribution in [0.3, 0.4) is 0 Å². The Morgan fingerprint density at radius 2 is 2.17 bits per heavy atom. The van der Waals surface area contributed by atoms with E-state index in [0.717, 1.165) is 76.0 Å². The van der Waals surface area contributed by atoms with Crippen molar-refractivity contribution in [2.45, 2.75) is 44.1 Å². The third-order valence-corrected chi connectivity index (χ3v) is 6.93. The van der Waals surface area contributed by atoms with Gasteiger partial charge in [-0.15, -0.1) is 0 Å². The van der Waals surface area contributed by atoms with E-state index >= 15 is 0 Å². The Bertz CT molecular complexity index is 888. The molecule has 29 heavy (non-hydrogen) atoms. The highest BCUT2D eigenvalue weighted by atomic mass is 16.5. The second-order valence-corrected chi connectivity index (χ2v) is 8.65. The van der Waals surface area contributed by atoms with Gasteiger partial charge in [0.15, 0.2) is 0 Å². The zero-order chi connectivity index (χ0) is 19.8. The zero-order valence-electron chi connectivity index (χ0n) is 16.8. The first kappa shape index (κ1) is 18.6. The highest BCUT2D eigenvalue weighted by Gasteiger charge is 2.35. The van der Waals surface area contributed by atoms with Crippen molar-refractivity contribution >= 4 is 12.2 Å². The number of carbonyl (C=O) groups excluding carboxylic acids is 2. The topological polar surface area (TPSA) is 49.9 Å². The van der Waals surface area contributed by atoms with E-state index in [1.165, 1.54) is 16.7 Å². The van der Waals surface area contributed by atoms with Gasteiger partial charge in [0.05, 0.1) is 13.2 Å². The lowest BCUT2D eigenvalue weighted by Gasteiger charge is -2.25. The first-order valence-electron chi connectivity index (χ1n) is 10.8. The minimum absolute atomic E-state index is 0.186. The Kier molecular flexibility index (Phi) is 5.00. The molecule has 0 radical (unpaired) electrons. The molecule has 2 atom stereocenters. The van der Waals surface area contributed by atoms with Gasteiger partial charge in [-0.3, -0.25) is 9.69 Å². The van der Waals surface area contributed by atoms with E-state index < -0.39 is 0 Å². The van der Waals surface area contributed by atoms with Gasteiger partial charge in [-0.1, -0.05) is 24.3 Å². The normalized spacial score (nSPS) is 26.1. The van der Waals surface area contributed by atoms with Crippen molar-refractivity contribution in [3.05, 3.63) is 52.6 Å². The number of likely N-dealkylation sites (tertiary alicyclic amines) is 1. The van der Waals surface area contributed by atoms with Gasteiger partial charge in [0.25, 0.3) is 5.91 Å². The van der Waals surface area contributed by atoms with Gasteiger partial charge < -0.3 is 14.4 Å². The minimum atomic E-state index is 0.186. The third-order valence-electron chi connectivity index (χ3n) is 6.93. The summed E-state index contributed by atoms with van der Waals surface area (Å²) in [6.45, 7) is 3.72. The second-order valence-electron chi connectivity index (χ2n) is 8.65. The largest absolute Gasteiger partial charge is 0.493 e. The number of fused-ring (bicyclic) bond motifs is 1. The summed E-state index contributed by atoms with van der Waals surface area (Å²) in [6.07, 6.45) is 10.1. The fraction of sp³-hybridized carbons (Fsp3) is 0.500. The fourth-order valence-electron chi connectivity index (χ4n) is 5.36. The summed E-state index contributed by atoms with van der Waals surface area (Å²) < 4.78 is 5.64. The maximum atomic E-state index is 12.7. The first-order valence-corrected chi connectivity index (χ1v) is 10.8. The van der Waals surface area contributed by atoms with Gasteiger partial charge in [-0.2, -0.15) is 0 Å². The van der Waals surface area contributed by atoms with E-state index in [9.17, 15) is 9.59 Å². The van der Waals surface area contributed by atoms with Crippen LogP contribution in [-0.4, -0.2) is 60.8 Å². The van der Waals surface area contributed by atoms with Gasteiger partial charge in [-0.25, -0.2) is 0 Å². The summed E-state index contributed by atoms with van der Waals surface area (Å²) in [5.41, 5.74) is 4.88. The second kappa shape index (κ2) is 7.79. The zero-order valence-corrected chi connectivity index (χ0v) is 16.8. The maximum absolute atomic E-state index is 12.7. The molecular formula is C24H28N2O3. The molecule has 1 fully saturated rings. The predicted molar refractivity (Wildman–Crippen MR) is 111 cm³/mol. The van der Waals surface area contributed by atoms with Crippen molar-refractivity contribution in [2.24, 2.45) is 0 Å². The molecule has 1 aliphatic carbocycles. The Morgan fingerprint density at radius 1 is 1.24 bits per heavy atom. The number of amides is 1. The number of hydrogen-bond donors (Lipinski definition) is 0. The molecule has 0 bridgehead atoms. The van der Waals surface area contributed by atoms with Crippen molar-refractivity contribution in [2.75, 3.05) is 32.8 Å². The molecule has 1 saturated heterocycles. The Morgan fingerprint density at radius 3 is 3.03 bits per heavy atom. The molecule has 4 aliphatic rings. The van der Waals surface area contributed by atoms with Gasteiger partial charge in [-0.05, 0) is 54.4 Å². The molecule has 0 spiro atoms. The van der Waals surface area contributed by atoms with Crippen LogP contribution in [0.1, 0.15) is 42.7 Å². The molecule has 0 saturated carbocycles. The van der Waals surface area contributed by atoms with Crippen LogP contribution in [0.15, 0.2) is 41.5 Å². The van der Waals surface area contributed by atoms with Gasteiger partial charge in [0.1, 0.15) is 12.0 Å². The average Bonchev–Trinajstić information content (AvgIpc) is 3.44. The molecule has 2 unspecified atom stereocenters. The first-order chi connectivity index (χ1) is 14.2. The van der Waals surface area contributed by atoms with Crippen molar-refractivity contribution < 1.29 is 14.3 Å². The summed E-state index contributed by atoms with van der Waals surface area (Å²) in [4.78, 5) is 28.2. The highest BCUT2D eigenvalue weighted by molar-refractivity contribution is 6.00. The van der Waals surface area contributed by atoms with Crippen LogP contribution in [0.2, 0.25) is 0 Å². The summed E-state index contributed by atoms with van der Waals surface area (Å²) >= 11 is 0. The van der Waals surface area contributed by atoms with E-state index in [2.05, 4.69) is 29.2 Å². The van der Waals surface area contributed by atoms with Crippen LogP contribution in [0.4, 0.5) is 0 Å². The van der Waals surface area contributed by atoms with Crippen LogP contribution in [-0.2, 0) is 16.0 Å². The molecule has 152 valence electrons. The molecule has 5 nitrogen and oxygen atoms in total. The molecule has 5 rings (SSSR count). The molecule has 0 N–H and O–H groups in total. The lowest BCUT2D eigenvalue weighted by atomic mass is 9.93. The number of benzene rings is 1. The number of hydrogen-bond acceptors (Lipinski definition) is 4.